The van der Waals surface area contributed by atoms with Crippen LogP contribution in [-0.4, -0.2) is 35.3 Å². The van der Waals surface area contributed by atoms with Crippen LogP contribution >= 0.6 is 0 Å². The number of imide groups is 1. The van der Waals surface area contributed by atoms with Crippen LogP contribution in [0.25, 0.3) is 0 Å². The number of carbonyl (C=O) groups is 3. The summed E-state index contributed by atoms with van der Waals surface area (Å²) in [6.45, 7) is 5.05. The lowest BCUT2D eigenvalue weighted by molar-refractivity contribution is -0.132. The molecule has 0 radical (unpaired) electrons. The molecule has 26 heavy (non-hydrogen) atoms. The highest BCUT2D eigenvalue weighted by atomic mass is 16.3. The van der Waals surface area contributed by atoms with E-state index in [1.165, 1.54) is 11.2 Å². The molecule has 136 valence electrons. The largest absolute Gasteiger partial charge is 0.467 e. The van der Waals surface area contributed by atoms with E-state index in [1.807, 2.05) is 19.1 Å². The summed E-state index contributed by atoms with van der Waals surface area (Å²) < 4.78 is 5.24. The van der Waals surface area contributed by atoms with Crippen LogP contribution in [-0.2, 0) is 9.59 Å². The number of hydrogen-bond donors (Lipinski definition) is 1. The number of furan rings is 1. The van der Waals surface area contributed by atoms with Gasteiger partial charge < -0.3 is 9.73 Å². The molecule has 1 saturated heterocycles. The molecule has 0 unspecified atom stereocenters. The number of urea groups is 1. The van der Waals surface area contributed by atoms with Crippen molar-refractivity contribution in [3.05, 3.63) is 54.0 Å². The summed E-state index contributed by atoms with van der Waals surface area (Å²) >= 11 is 0. The second-order valence-corrected chi connectivity index (χ2v) is 6.39. The van der Waals surface area contributed by atoms with Crippen LogP contribution in [0.1, 0.15) is 31.2 Å². The van der Waals surface area contributed by atoms with Crippen molar-refractivity contribution in [1.82, 2.24) is 10.2 Å². The molecule has 4 amide bonds. The highest BCUT2D eigenvalue weighted by molar-refractivity contribution is 6.15. The third-order valence-electron chi connectivity index (χ3n) is 4.41. The Morgan fingerprint density at radius 2 is 1.92 bits per heavy atom. The topological polar surface area (TPSA) is 82.9 Å². The van der Waals surface area contributed by atoms with Crippen molar-refractivity contribution in [3.63, 3.8) is 0 Å². The highest BCUT2D eigenvalue weighted by Gasteiger charge is 2.44. The van der Waals surface area contributed by atoms with E-state index in [1.54, 1.807) is 38.1 Å². The van der Waals surface area contributed by atoms with Gasteiger partial charge in [-0.05, 0) is 45.0 Å². The van der Waals surface area contributed by atoms with Gasteiger partial charge in [-0.1, -0.05) is 17.7 Å². The van der Waals surface area contributed by atoms with Gasteiger partial charge in [0.25, 0.3) is 5.91 Å². The van der Waals surface area contributed by atoms with Gasteiger partial charge in [0, 0.05) is 5.69 Å². The van der Waals surface area contributed by atoms with Crippen molar-refractivity contribution >= 4 is 23.5 Å². The standard InChI is InChI=1S/C19H21N3O4/c1-12-6-8-15(9-7-12)22-14(3)18(24)21(19(22)25)11-17(23)20-13(2)16-5-4-10-26-16/h4-10,13-14H,11H2,1-3H3,(H,20,23)/t13-,14-/m1/s1. The molecule has 0 saturated carbocycles. The van der Waals surface area contributed by atoms with Crippen molar-refractivity contribution in [1.29, 1.82) is 0 Å². The number of nitrogens with zero attached hydrogens (tertiary/aromatic N) is 2. The third kappa shape index (κ3) is 3.33. The Bertz CT molecular complexity index is 814. The maximum atomic E-state index is 12.7. The molecule has 7 nitrogen and oxygen atoms in total. The summed E-state index contributed by atoms with van der Waals surface area (Å²) in [5, 5.41) is 2.73. The molecule has 1 aliphatic heterocycles. The molecule has 1 N–H and O–H groups in total. The summed E-state index contributed by atoms with van der Waals surface area (Å²) in [6, 6.07) is 9.31. The fourth-order valence-corrected chi connectivity index (χ4v) is 2.95. The highest BCUT2D eigenvalue weighted by Crippen LogP contribution is 2.26. The predicted octanol–water partition coefficient (Wildman–Crippen LogP) is 2.62. The third-order valence-corrected chi connectivity index (χ3v) is 4.41. The van der Waals surface area contributed by atoms with Gasteiger partial charge in [-0.3, -0.25) is 19.4 Å². The molecule has 1 aliphatic rings. The van der Waals surface area contributed by atoms with Gasteiger partial charge in [-0.25, -0.2) is 4.79 Å². The van der Waals surface area contributed by atoms with E-state index in [2.05, 4.69) is 5.32 Å². The Labute approximate surface area is 151 Å². The van der Waals surface area contributed by atoms with Crippen molar-refractivity contribution in [3.8, 4) is 0 Å². The molecule has 2 atom stereocenters. The second kappa shape index (κ2) is 7.03. The first kappa shape index (κ1) is 17.7. The van der Waals surface area contributed by atoms with Gasteiger partial charge in [-0.2, -0.15) is 0 Å². The number of carbonyl (C=O) groups excluding carboxylic acids is 3. The first-order valence-corrected chi connectivity index (χ1v) is 8.42. The van der Waals surface area contributed by atoms with Crippen molar-refractivity contribution in [2.24, 2.45) is 0 Å². The SMILES string of the molecule is Cc1ccc(N2C(=O)N(CC(=O)N[C@H](C)c3ccco3)C(=O)[C@H]2C)cc1. The summed E-state index contributed by atoms with van der Waals surface area (Å²) in [7, 11) is 0. The van der Waals surface area contributed by atoms with E-state index >= 15 is 0 Å². The first-order chi connectivity index (χ1) is 12.4. The van der Waals surface area contributed by atoms with E-state index in [-0.39, 0.29) is 12.6 Å². The number of benzene rings is 1. The van der Waals surface area contributed by atoms with Gasteiger partial charge in [0.05, 0.1) is 12.3 Å². The zero-order chi connectivity index (χ0) is 18.8. The molecular formula is C19H21N3O4. The fourth-order valence-electron chi connectivity index (χ4n) is 2.95. The lowest BCUT2D eigenvalue weighted by atomic mass is 10.2. The summed E-state index contributed by atoms with van der Waals surface area (Å²) in [4.78, 5) is 39.8. The first-order valence-electron chi connectivity index (χ1n) is 8.42. The molecule has 0 aliphatic carbocycles. The number of amides is 4. The van der Waals surface area contributed by atoms with Gasteiger partial charge in [0.2, 0.25) is 5.91 Å². The fraction of sp³-hybridized carbons (Fsp3) is 0.316. The molecule has 3 rings (SSSR count). The second-order valence-electron chi connectivity index (χ2n) is 6.39. The van der Waals surface area contributed by atoms with E-state index in [4.69, 9.17) is 4.42 Å². The maximum absolute atomic E-state index is 12.7. The molecule has 7 heteroatoms. The molecule has 0 bridgehead atoms. The van der Waals surface area contributed by atoms with E-state index in [0.29, 0.717) is 11.4 Å². The average Bonchev–Trinajstić information content (AvgIpc) is 3.21. The van der Waals surface area contributed by atoms with E-state index in [9.17, 15) is 14.4 Å². The normalized spacial score (nSPS) is 18.3. The van der Waals surface area contributed by atoms with Gasteiger partial charge in [-0.15, -0.1) is 0 Å². The minimum Gasteiger partial charge on any atom is -0.467 e. The zero-order valence-electron chi connectivity index (χ0n) is 14.9. The van der Waals surface area contributed by atoms with Gasteiger partial charge in [0.15, 0.2) is 0 Å². The maximum Gasteiger partial charge on any atom is 0.332 e. The monoisotopic (exact) mass is 355 g/mol. The smallest absolute Gasteiger partial charge is 0.332 e. The van der Waals surface area contributed by atoms with Crippen LogP contribution in [0.5, 0.6) is 0 Å². The van der Waals surface area contributed by atoms with Crippen molar-refractivity contribution in [2.45, 2.75) is 32.9 Å². The number of rotatable bonds is 5. The van der Waals surface area contributed by atoms with Crippen LogP contribution < -0.4 is 10.2 Å². The predicted molar refractivity (Wildman–Crippen MR) is 95.5 cm³/mol. The Morgan fingerprint density at radius 1 is 1.23 bits per heavy atom. The molecule has 0 spiro atoms. The molecule has 1 fully saturated rings. The van der Waals surface area contributed by atoms with Crippen LogP contribution in [0.3, 0.4) is 0 Å². The van der Waals surface area contributed by atoms with E-state index in [0.717, 1.165) is 10.5 Å². The lowest BCUT2D eigenvalue weighted by Crippen LogP contribution is -2.42. The van der Waals surface area contributed by atoms with Crippen LogP contribution in [0.15, 0.2) is 47.1 Å². The Hall–Kier alpha value is -3.09. The molecule has 2 heterocycles. The van der Waals surface area contributed by atoms with Crippen molar-refractivity contribution < 1.29 is 18.8 Å². The van der Waals surface area contributed by atoms with Gasteiger partial charge >= 0.3 is 6.03 Å². The van der Waals surface area contributed by atoms with Gasteiger partial charge in [0.1, 0.15) is 18.3 Å². The summed E-state index contributed by atoms with van der Waals surface area (Å²) in [6.07, 6.45) is 1.52. The minimum absolute atomic E-state index is 0.324. The van der Waals surface area contributed by atoms with Crippen LogP contribution in [0, 0.1) is 6.92 Å². The van der Waals surface area contributed by atoms with Crippen molar-refractivity contribution in [2.75, 3.05) is 11.4 Å². The summed E-state index contributed by atoms with van der Waals surface area (Å²) in [5.74, 6) is -0.211. The van der Waals surface area contributed by atoms with Crippen LogP contribution in [0.2, 0.25) is 0 Å². The number of anilines is 1. The molecule has 2 aromatic rings. The average molecular weight is 355 g/mol. The molecular weight excluding hydrogens is 334 g/mol. The number of nitrogens with one attached hydrogen (secondary N) is 1. The minimum atomic E-state index is -0.652. The molecule has 1 aromatic carbocycles. The number of hydrogen-bond acceptors (Lipinski definition) is 4. The summed E-state index contributed by atoms with van der Waals surface area (Å²) in [5.41, 5.74) is 1.69. The quantitative estimate of drug-likeness (QED) is 0.836. The lowest BCUT2D eigenvalue weighted by Gasteiger charge is -2.19. The van der Waals surface area contributed by atoms with Crippen LogP contribution in [0.4, 0.5) is 10.5 Å². The Balaban J connectivity index is 1.70. The zero-order valence-corrected chi connectivity index (χ0v) is 14.9. The number of aryl methyl sites for hydroxylation is 1. The Morgan fingerprint density at radius 3 is 2.54 bits per heavy atom. The van der Waals surface area contributed by atoms with E-state index < -0.39 is 23.9 Å². The Kier molecular flexibility index (Phi) is 4.79. The molecule has 1 aromatic heterocycles.